The van der Waals surface area contributed by atoms with Gasteiger partial charge < -0.3 is 4.74 Å². The molecule has 0 radical (unpaired) electrons. The zero-order valence-corrected chi connectivity index (χ0v) is 11.3. The molecule has 0 aliphatic heterocycles. The molecule has 17 heavy (non-hydrogen) atoms. The predicted molar refractivity (Wildman–Crippen MR) is 66.2 cm³/mol. The van der Waals surface area contributed by atoms with Crippen molar-refractivity contribution in [2.75, 3.05) is 7.11 Å². The average Bonchev–Trinajstić information content (AvgIpc) is 2.27. The second kappa shape index (κ2) is 5.02. The van der Waals surface area contributed by atoms with Crippen molar-refractivity contribution >= 4 is 15.9 Å². The number of hydrogen-bond acceptors (Lipinski definition) is 1. The summed E-state index contributed by atoms with van der Waals surface area (Å²) in [6.07, 6.45) is 4.03. The van der Waals surface area contributed by atoms with Crippen molar-refractivity contribution in [1.29, 1.82) is 0 Å². The maximum Gasteiger partial charge on any atom is 0.159 e. The number of halogens is 3. The van der Waals surface area contributed by atoms with Crippen LogP contribution in [0.25, 0.3) is 0 Å². The molecule has 2 rings (SSSR count). The number of ether oxygens (including phenoxy) is 1. The highest BCUT2D eigenvalue weighted by Gasteiger charge is 2.38. The van der Waals surface area contributed by atoms with Gasteiger partial charge in [0.15, 0.2) is 11.6 Å². The predicted octanol–water partition coefficient (Wildman–Crippen LogP) is 4.36. The average molecular weight is 305 g/mol. The monoisotopic (exact) mass is 304 g/mol. The van der Waals surface area contributed by atoms with Crippen LogP contribution in [0, 0.1) is 11.6 Å². The van der Waals surface area contributed by atoms with Gasteiger partial charge in [0.05, 0.1) is 5.60 Å². The van der Waals surface area contributed by atoms with Crippen LogP contribution < -0.4 is 0 Å². The fraction of sp³-hybridized carbons (Fsp3) is 0.538. The molecule has 0 bridgehead atoms. The first-order valence-corrected chi connectivity index (χ1v) is 6.62. The summed E-state index contributed by atoms with van der Waals surface area (Å²) < 4.78 is 31.5. The minimum Gasteiger partial charge on any atom is -0.378 e. The Bertz CT molecular complexity index is 399. The molecular weight excluding hydrogens is 290 g/mol. The highest BCUT2D eigenvalue weighted by atomic mass is 79.9. The van der Waals surface area contributed by atoms with Crippen LogP contribution in [0.2, 0.25) is 0 Å². The van der Waals surface area contributed by atoms with Crippen LogP contribution >= 0.6 is 15.9 Å². The van der Waals surface area contributed by atoms with Gasteiger partial charge in [-0.15, -0.1) is 0 Å². The molecule has 1 atom stereocenters. The molecule has 1 aromatic rings. The van der Waals surface area contributed by atoms with E-state index >= 15 is 0 Å². The van der Waals surface area contributed by atoms with Crippen LogP contribution in [0.3, 0.4) is 0 Å². The van der Waals surface area contributed by atoms with Gasteiger partial charge in [0.25, 0.3) is 0 Å². The largest absolute Gasteiger partial charge is 0.378 e. The van der Waals surface area contributed by atoms with Gasteiger partial charge in [0.1, 0.15) is 0 Å². The van der Waals surface area contributed by atoms with Crippen LogP contribution in [-0.4, -0.2) is 12.7 Å². The van der Waals surface area contributed by atoms with Crippen molar-refractivity contribution in [3.63, 3.8) is 0 Å². The van der Waals surface area contributed by atoms with Crippen molar-refractivity contribution in [3.8, 4) is 0 Å². The van der Waals surface area contributed by atoms with Gasteiger partial charge in [-0.2, -0.15) is 0 Å². The van der Waals surface area contributed by atoms with Crippen molar-refractivity contribution in [3.05, 3.63) is 35.4 Å². The van der Waals surface area contributed by atoms with E-state index in [-0.39, 0.29) is 10.4 Å². The summed E-state index contributed by atoms with van der Waals surface area (Å²) in [7, 11) is 1.71. The Kier molecular flexibility index (Phi) is 3.83. The molecule has 1 fully saturated rings. The lowest BCUT2D eigenvalue weighted by Gasteiger charge is -2.42. The third-order valence-corrected chi connectivity index (χ3v) is 4.41. The molecule has 0 spiro atoms. The first-order chi connectivity index (χ1) is 8.06. The maximum atomic E-state index is 13.1. The van der Waals surface area contributed by atoms with Gasteiger partial charge in [0.2, 0.25) is 0 Å². The van der Waals surface area contributed by atoms with E-state index in [1.807, 2.05) is 0 Å². The molecule has 0 N–H and O–H groups in total. The fourth-order valence-corrected chi connectivity index (χ4v) is 3.09. The maximum absolute atomic E-state index is 13.1. The second-order valence-electron chi connectivity index (χ2n) is 4.59. The highest BCUT2D eigenvalue weighted by Crippen LogP contribution is 2.44. The van der Waals surface area contributed by atoms with Crippen molar-refractivity contribution in [2.24, 2.45) is 0 Å². The van der Waals surface area contributed by atoms with E-state index in [1.165, 1.54) is 18.6 Å². The zero-order valence-electron chi connectivity index (χ0n) is 9.68. The van der Waals surface area contributed by atoms with E-state index in [4.69, 9.17) is 4.74 Å². The highest BCUT2D eigenvalue weighted by molar-refractivity contribution is 9.09. The summed E-state index contributed by atoms with van der Waals surface area (Å²) in [5.41, 5.74) is 0.672. The molecule has 0 amide bonds. The zero-order chi connectivity index (χ0) is 12.5. The van der Waals surface area contributed by atoms with Gasteiger partial charge in [-0.05, 0) is 43.4 Å². The Morgan fingerprint density at radius 2 is 2.06 bits per heavy atom. The van der Waals surface area contributed by atoms with Gasteiger partial charge in [0, 0.05) is 11.9 Å². The molecule has 1 aliphatic carbocycles. The van der Waals surface area contributed by atoms with Gasteiger partial charge in [-0.1, -0.05) is 22.0 Å². The number of alkyl halides is 1. The topological polar surface area (TPSA) is 9.23 Å². The minimum absolute atomic E-state index is 0.00199. The molecule has 1 aliphatic rings. The summed E-state index contributed by atoms with van der Waals surface area (Å²) in [4.78, 5) is -0.00199. The van der Waals surface area contributed by atoms with E-state index in [9.17, 15) is 8.78 Å². The van der Waals surface area contributed by atoms with Crippen LogP contribution in [-0.2, 0) is 4.74 Å². The third kappa shape index (κ3) is 2.68. The molecular formula is C13H15BrF2O. The molecule has 1 unspecified atom stereocenters. The summed E-state index contributed by atoms with van der Waals surface area (Å²) in [5, 5.41) is 0. The number of rotatable bonds is 4. The summed E-state index contributed by atoms with van der Waals surface area (Å²) >= 11 is 3.53. The lowest BCUT2D eigenvalue weighted by molar-refractivity contribution is -0.0773. The standard InChI is InChI=1S/C13H15BrF2O/c1-17-13(5-2-6-13)8-10(14)9-3-4-11(15)12(16)7-9/h3-4,7,10H,2,5-6,8H2,1H3. The Morgan fingerprint density at radius 1 is 1.35 bits per heavy atom. The Hall–Kier alpha value is -0.480. The van der Waals surface area contributed by atoms with E-state index in [2.05, 4.69) is 15.9 Å². The van der Waals surface area contributed by atoms with Crippen molar-refractivity contribution in [1.82, 2.24) is 0 Å². The fourth-order valence-electron chi connectivity index (χ4n) is 2.21. The van der Waals surface area contributed by atoms with Crippen LogP contribution in [0.15, 0.2) is 18.2 Å². The molecule has 0 saturated heterocycles. The van der Waals surface area contributed by atoms with Gasteiger partial charge in [-0.25, -0.2) is 8.78 Å². The number of methoxy groups -OCH3 is 1. The van der Waals surface area contributed by atoms with E-state index in [0.717, 1.165) is 24.8 Å². The number of hydrogen-bond donors (Lipinski definition) is 0. The van der Waals surface area contributed by atoms with Crippen LogP contribution in [0.5, 0.6) is 0 Å². The molecule has 4 heteroatoms. The molecule has 1 aromatic carbocycles. The quantitative estimate of drug-likeness (QED) is 0.751. The number of benzene rings is 1. The third-order valence-electron chi connectivity index (χ3n) is 3.55. The molecule has 0 heterocycles. The smallest absolute Gasteiger partial charge is 0.159 e. The lowest BCUT2D eigenvalue weighted by atomic mass is 9.76. The normalized spacial score (nSPS) is 19.8. The first-order valence-electron chi connectivity index (χ1n) is 5.70. The minimum atomic E-state index is -0.807. The Balaban J connectivity index is 2.08. The summed E-state index contributed by atoms with van der Waals surface area (Å²) in [6.45, 7) is 0. The van der Waals surface area contributed by atoms with E-state index in [0.29, 0.717) is 0 Å². The molecule has 0 aromatic heterocycles. The lowest BCUT2D eigenvalue weighted by Crippen LogP contribution is -2.39. The van der Waals surface area contributed by atoms with Gasteiger partial charge >= 0.3 is 0 Å². The SMILES string of the molecule is COC1(CC(Br)c2ccc(F)c(F)c2)CCC1. The summed E-state index contributed by atoms with van der Waals surface area (Å²) in [5.74, 6) is -1.61. The van der Waals surface area contributed by atoms with Crippen LogP contribution in [0.1, 0.15) is 36.1 Å². The van der Waals surface area contributed by atoms with Crippen molar-refractivity contribution in [2.45, 2.75) is 36.1 Å². The van der Waals surface area contributed by atoms with Crippen molar-refractivity contribution < 1.29 is 13.5 Å². The molecule has 1 saturated carbocycles. The summed E-state index contributed by atoms with van der Waals surface area (Å²) in [6, 6.07) is 4.02. The molecule has 94 valence electrons. The Morgan fingerprint density at radius 3 is 2.53 bits per heavy atom. The second-order valence-corrected chi connectivity index (χ2v) is 5.69. The van der Waals surface area contributed by atoms with E-state index < -0.39 is 11.6 Å². The molecule has 1 nitrogen and oxygen atoms in total. The van der Waals surface area contributed by atoms with E-state index in [1.54, 1.807) is 13.2 Å². The van der Waals surface area contributed by atoms with Gasteiger partial charge in [-0.3, -0.25) is 0 Å². The van der Waals surface area contributed by atoms with Crippen LogP contribution in [0.4, 0.5) is 8.78 Å². The first kappa shape index (κ1) is 13.0. The Labute approximate surface area is 108 Å².